The number of nitrogens with two attached hydrogens (primary N) is 1. The molecule has 1 aliphatic rings. The molecular weight excluding hydrogens is 421 g/mol. The number of nitrogens with zero attached hydrogens (tertiary/aromatic N) is 2. The number of hydrogen-bond donors (Lipinski definition) is 2. The summed E-state index contributed by atoms with van der Waals surface area (Å²) in [5.74, 6) is 1.60. The van der Waals surface area contributed by atoms with Crippen LogP contribution in [-0.4, -0.2) is 63.1 Å². The SMILES string of the molecule is Cc1csc2c(NCc3ccco3)nc(Cl)nc12.[B]C1=C([B])C([B])([B])C(N)CC1([B])[B]. The van der Waals surface area contributed by atoms with Crippen LogP contribution in [-0.2, 0) is 6.54 Å². The molecule has 3 aromatic heterocycles. The third-order valence-electron chi connectivity index (χ3n) is 5.00. The molecule has 1 unspecified atom stereocenters. The van der Waals surface area contributed by atoms with Crippen molar-refractivity contribution in [1.82, 2.24) is 9.97 Å². The van der Waals surface area contributed by atoms with Gasteiger partial charge in [0.1, 0.15) is 27.3 Å². The number of furan rings is 1. The van der Waals surface area contributed by atoms with E-state index in [2.05, 4.69) is 15.3 Å². The Morgan fingerprint density at radius 2 is 1.97 bits per heavy atom. The van der Waals surface area contributed by atoms with Crippen LogP contribution in [0.2, 0.25) is 15.7 Å². The summed E-state index contributed by atoms with van der Waals surface area (Å²) < 4.78 is 6.28. The summed E-state index contributed by atoms with van der Waals surface area (Å²) in [7, 11) is 33.8. The molecule has 4 rings (SSSR count). The fourth-order valence-corrected chi connectivity index (χ4v) is 4.16. The van der Waals surface area contributed by atoms with E-state index in [0.29, 0.717) is 6.54 Å². The topological polar surface area (TPSA) is 77.0 Å². The van der Waals surface area contributed by atoms with Crippen LogP contribution in [0.1, 0.15) is 17.7 Å². The van der Waals surface area contributed by atoms with Crippen molar-refractivity contribution in [2.24, 2.45) is 5.73 Å². The van der Waals surface area contributed by atoms with Crippen molar-refractivity contribution in [3.05, 3.63) is 51.3 Å². The summed E-state index contributed by atoms with van der Waals surface area (Å²) in [5.41, 5.74) is 7.85. The molecule has 0 amide bonds. The average molecular weight is 436 g/mol. The van der Waals surface area contributed by atoms with Gasteiger partial charge in [-0.25, -0.2) is 4.98 Å². The second-order valence-corrected chi connectivity index (χ2v) is 8.70. The molecule has 144 valence electrons. The van der Waals surface area contributed by atoms with Crippen molar-refractivity contribution in [3.8, 4) is 0 Å². The minimum atomic E-state index is -1.33. The van der Waals surface area contributed by atoms with Crippen LogP contribution in [0.3, 0.4) is 0 Å². The number of nitrogens with one attached hydrogen (secondary N) is 1. The van der Waals surface area contributed by atoms with E-state index in [-0.39, 0.29) is 22.6 Å². The highest BCUT2D eigenvalue weighted by Crippen LogP contribution is 2.47. The first kappa shape index (κ1) is 24.1. The Morgan fingerprint density at radius 3 is 2.61 bits per heavy atom. The Balaban J connectivity index is 0.000000187. The van der Waals surface area contributed by atoms with Gasteiger partial charge in [0.05, 0.1) is 54.4 Å². The Bertz CT molecular complexity index is 1100. The van der Waals surface area contributed by atoms with Crippen LogP contribution in [0.15, 0.2) is 39.1 Å². The predicted molar refractivity (Wildman–Crippen MR) is 133 cm³/mol. The zero-order chi connectivity index (χ0) is 23.0. The largest absolute Gasteiger partial charge is 0.467 e. The molecule has 0 saturated heterocycles. The van der Waals surface area contributed by atoms with Crippen LogP contribution in [0.4, 0.5) is 5.82 Å². The maximum Gasteiger partial charge on any atom is 0.224 e. The number of hydrogen-bond acceptors (Lipinski definition) is 6. The van der Waals surface area contributed by atoms with Gasteiger partial charge < -0.3 is 15.5 Å². The van der Waals surface area contributed by atoms with Gasteiger partial charge in [-0.15, -0.1) is 22.3 Å². The monoisotopic (exact) mass is 436 g/mol. The molecule has 1 aliphatic carbocycles. The molecule has 0 aromatic carbocycles. The number of allylic oxidation sites excluding steroid dienone is 1. The van der Waals surface area contributed by atoms with Crippen LogP contribution in [0.5, 0.6) is 0 Å². The summed E-state index contributed by atoms with van der Waals surface area (Å²) in [5, 5.41) is 2.99. The Hall–Kier alpha value is -1.50. The van der Waals surface area contributed by atoms with Gasteiger partial charge >= 0.3 is 0 Å². The Kier molecular flexibility index (Phi) is 7.14. The van der Waals surface area contributed by atoms with Gasteiger partial charge in [-0.1, -0.05) is 10.4 Å². The van der Waals surface area contributed by atoms with Crippen molar-refractivity contribution >= 4 is 86.0 Å². The maximum absolute atomic E-state index is 5.93. The van der Waals surface area contributed by atoms with Crippen LogP contribution >= 0.6 is 22.9 Å². The number of rotatable bonds is 3. The molecule has 0 spiro atoms. The van der Waals surface area contributed by atoms with E-state index in [1.807, 2.05) is 24.4 Å². The van der Waals surface area contributed by atoms with Gasteiger partial charge in [-0.2, -0.15) is 4.98 Å². The lowest BCUT2D eigenvalue weighted by atomic mass is 9.31. The second-order valence-electron chi connectivity index (χ2n) is 7.48. The highest BCUT2D eigenvalue weighted by molar-refractivity contribution is 7.18. The first-order valence-corrected chi connectivity index (χ1v) is 10.5. The molecule has 3 N–H and O–H groups in total. The fraction of sp³-hybridized carbons (Fsp3) is 0.333. The number of aryl methyl sites for hydroxylation is 1. The highest BCUT2D eigenvalue weighted by Gasteiger charge is 2.38. The average Bonchev–Trinajstić information content (AvgIpc) is 3.34. The third kappa shape index (κ3) is 5.12. The molecule has 12 radical (unpaired) electrons. The molecule has 31 heavy (non-hydrogen) atoms. The van der Waals surface area contributed by atoms with Crippen molar-refractivity contribution in [2.75, 3.05) is 5.32 Å². The van der Waals surface area contributed by atoms with Gasteiger partial charge in [-0.05, 0) is 54.1 Å². The number of anilines is 1. The first-order valence-electron chi connectivity index (χ1n) is 9.28. The number of halogens is 1. The first-order chi connectivity index (χ1) is 14.4. The van der Waals surface area contributed by atoms with Gasteiger partial charge in [-0.3, -0.25) is 0 Å². The minimum Gasteiger partial charge on any atom is -0.467 e. The van der Waals surface area contributed by atoms with E-state index in [9.17, 15) is 0 Å². The van der Waals surface area contributed by atoms with Gasteiger partial charge in [0.15, 0.2) is 0 Å². The summed E-state index contributed by atoms with van der Waals surface area (Å²) in [4.78, 5) is 8.47. The van der Waals surface area contributed by atoms with Crippen LogP contribution in [0.25, 0.3) is 10.2 Å². The fourth-order valence-electron chi connectivity index (χ4n) is 3.04. The van der Waals surface area contributed by atoms with Gasteiger partial charge in [0.2, 0.25) is 5.28 Å². The third-order valence-corrected chi connectivity index (χ3v) is 6.27. The Labute approximate surface area is 198 Å². The summed E-state index contributed by atoms with van der Waals surface area (Å²) in [6, 6.07) is 3.16. The predicted octanol–water partition coefficient (Wildman–Crippen LogP) is 2.03. The van der Waals surface area contributed by atoms with Gasteiger partial charge in [0, 0.05) is 0 Å². The molecule has 3 heterocycles. The van der Waals surface area contributed by atoms with Crippen LogP contribution in [0, 0.1) is 6.92 Å². The van der Waals surface area contributed by atoms with E-state index < -0.39 is 16.5 Å². The molecule has 13 heteroatoms. The van der Waals surface area contributed by atoms with Crippen molar-refractivity contribution in [1.29, 1.82) is 0 Å². The number of aromatic nitrogens is 2. The summed E-state index contributed by atoms with van der Waals surface area (Å²) >= 11 is 7.54. The zero-order valence-electron chi connectivity index (χ0n) is 16.9. The summed E-state index contributed by atoms with van der Waals surface area (Å²) in [6.45, 7) is 2.59. The molecule has 3 aromatic rings. The normalized spacial score (nSPS) is 19.6. The lowest BCUT2D eigenvalue weighted by molar-refractivity contribution is 0.518. The zero-order valence-corrected chi connectivity index (χ0v) is 18.5. The maximum atomic E-state index is 5.93. The smallest absolute Gasteiger partial charge is 0.224 e. The molecule has 1 atom stereocenters. The number of fused-ring (bicyclic) bond motifs is 1. The van der Waals surface area contributed by atoms with E-state index in [4.69, 9.17) is 68.8 Å². The molecule has 0 aliphatic heterocycles. The lowest BCUT2D eigenvalue weighted by Gasteiger charge is -2.48. The van der Waals surface area contributed by atoms with Gasteiger partial charge in [0.25, 0.3) is 0 Å². The standard InChI is InChI=1S/C12H10ClN3OS.C6H5B6N/c1-7-6-18-10-9(7)15-12(13)16-11(10)14-5-8-3-2-4-17-8;7-3-4(8)6(11,12)2(13)1-5(3,9)10/h2-4,6H,5H2,1H3,(H,14,15,16);2H,1,13H2. The van der Waals surface area contributed by atoms with E-state index in [1.165, 1.54) is 0 Å². The minimum absolute atomic E-state index is 0.0660. The quantitative estimate of drug-likeness (QED) is 0.486. The van der Waals surface area contributed by atoms with Crippen molar-refractivity contribution < 1.29 is 4.42 Å². The highest BCUT2D eigenvalue weighted by atomic mass is 35.5. The molecule has 0 saturated carbocycles. The van der Waals surface area contributed by atoms with E-state index >= 15 is 0 Å². The van der Waals surface area contributed by atoms with Crippen molar-refractivity contribution in [2.45, 2.75) is 36.4 Å². The second kappa shape index (κ2) is 9.16. The molecule has 0 bridgehead atoms. The van der Waals surface area contributed by atoms with Crippen molar-refractivity contribution in [3.63, 3.8) is 0 Å². The molecule has 5 nitrogen and oxygen atoms in total. The van der Waals surface area contributed by atoms with E-state index in [0.717, 1.165) is 27.4 Å². The van der Waals surface area contributed by atoms with E-state index in [1.54, 1.807) is 17.6 Å². The molecule has 0 fully saturated rings. The molecular formula is C18H15B6ClN4OS. The lowest BCUT2D eigenvalue weighted by Crippen LogP contribution is -2.46. The Morgan fingerprint density at radius 1 is 1.26 bits per heavy atom. The van der Waals surface area contributed by atoms with Crippen LogP contribution < -0.4 is 11.1 Å². The summed E-state index contributed by atoms with van der Waals surface area (Å²) in [6.07, 6.45) is 1.85. The number of thiophene rings is 1.